The molecule has 25 heavy (non-hydrogen) atoms. The average Bonchev–Trinajstić information content (AvgIpc) is 2.67. The molecule has 0 bridgehead atoms. The number of rotatable bonds is 5. The Balaban J connectivity index is 1.56. The van der Waals surface area contributed by atoms with Crippen LogP contribution in [0.2, 0.25) is 0 Å². The summed E-state index contributed by atoms with van der Waals surface area (Å²) >= 11 is 0. The summed E-state index contributed by atoms with van der Waals surface area (Å²) in [7, 11) is 1.63. The maximum atomic E-state index is 12.4. The Bertz CT molecular complexity index is 716. The molecule has 0 radical (unpaired) electrons. The second kappa shape index (κ2) is 8.28. The minimum absolute atomic E-state index is 0.00759. The number of hydrogen-bond donors (Lipinski definition) is 0. The van der Waals surface area contributed by atoms with Gasteiger partial charge in [-0.1, -0.05) is 12.1 Å². The molecule has 0 N–H and O–H groups in total. The number of benzene rings is 1. The van der Waals surface area contributed by atoms with Gasteiger partial charge in [-0.25, -0.2) is 9.97 Å². The molecule has 3 rings (SSSR count). The van der Waals surface area contributed by atoms with Gasteiger partial charge in [0.25, 0.3) is 0 Å². The average molecular weight is 339 g/mol. The first-order valence-corrected chi connectivity index (χ1v) is 8.28. The molecule has 1 aliphatic rings. The largest absolute Gasteiger partial charge is 0.497 e. The van der Waals surface area contributed by atoms with Crippen molar-refractivity contribution in [3.63, 3.8) is 0 Å². The van der Waals surface area contributed by atoms with Crippen molar-refractivity contribution in [1.82, 2.24) is 14.9 Å². The van der Waals surface area contributed by atoms with Gasteiger partial charge >= 0.3 is 0 Å². The van der Waals surface area contributed by atoms with Crippen molar-refractivity contribution >= 4 is 12.0 Å². The fourth-order valence-electron chi connectivity index (χ4n) is 2.74. The summed E-state index contributed by atoms with van der Waals surface area (Å²) in [5, 5.41) is 0. The van der Waals surface area contributed by atoms with Crippen LogP contribution in [0.25, 0.3) is 6.08 Å². The van der Waals surface area contributed by atoms with Crippen LogP contribution in [-0.2, 0) is 4.79 Å². The lowest BCUT2D eigenvalue weighted by molar-refractivity contribution is -0.128. The van der Waals surface area contributed by atoms with Gasteiger partial charge in [0.2, 0.25) is 11.8 Å². The highest BCUT2D eigenvalue weighted by Gasteiger charge is 2.23. The second-order valence-corrected chi connectivity index (χ2v) is 5.82. The molecule has 1 saturated heterocycles. The summed E-state index contributed by atoms with van der Waals surface area (Å²) in [5.41, 5.74) is 0.958. The van der Waals surface area contributed by atoms with E-state index in [2.05, 4.69) is 9.97 Å². The number of ether oxygens (including phenoxy) is 2. The number of methoxy groups -OCH3 is 1. The van der Waals surface area contributed by atoms with Crippen LogP contribution < -0.4 is 9.47 Å². The number of likely N-dealkylation sites (tertiary alicyclic amines) is 1. The van der Waals surface area contributed by atoms with E-state index < -0.39 is 0 Å². The van der Waals surface area contributed by atoms with Gasteiger partial charge in [-0.3, -0.25) is 4.79 Å². The number of carbonyl (C=O) groups excluding carboxylic acids is 1. The Morgan fingerprint density at radius 3 is 2.84 bits per heavy atom. The van der Waals surface area contributed by atoms with Crippen LogP contribution in [-0.4, -0.2) is 47.1 Å². The lowest BCUT2D eigenvalue weighted by Crippen LogP contribution is -2.43. The van der Waals surface area contributed by atoms with Gasteiger partial charge in [-0.15, -0.1) is 0 Å². The van der Waals surface area contributed by atoms with Gasteiger partial charge in [0, 0.05) is 24.9 Å². The second-order valence-electron chi connectivity index (χ2n) is 5.82. The number of piperidine rings is 1. The minimum atomic E-state index is -0.0398. The van der Waals surface area contributed by atoms with Crippen LogP contribution in [0.3, 0.4) is 0 Å². The monoisotopic (exact) mass is 339 g/mol. The van der Waals surface area contributed by atoms with E-state index in [1.54, 1.807) is 25.4 Å². The van der Waals surface area contributed by atoms with Gasteiger partial charge in [0.15, 0.2) is 0 Å². The third-order valence-corrected chi connectivity index (χ3v) is 4.07. The van der Waals surface area contributed by atoms with E-state index in [1.165, 1.54) is 6.33 Å². The minimum Gasteiger partial charge on any atom is -0.497 e. The van der Waals surface area contributed by atoms with Crippen LogP contribution in [0.15, 0.2) is 48.9 Å². The number of carbonyl (C=O) groups is 1. The molecule has 6 heteroatoms. The molecule has 0 saturated carbocycles. The number of hydrogen-bond acceptors (Lipinski definition) is 5. The molecule has 1 fully saturated rings. The maximum absolute atomic E-state index is 12.4. The summed E-state index contributed by atoms with van der Waals surface area (Å²) in [6.07, 6.45) is 8.31. The molecule has 2 heterocycles. The zero-order valence-corrected chi connectivity index (χ0v) is 14.2. The molecule has 0 aliphatic carbocycles. The lowest BCUT2D eigenvalue weighted by Gasteiger charge is -2.31. The zero-order valence-electron chi connectivity index (χ0n) is 14.2. The van der Waals surface area contributed by atoms with Crippen LogP contribution in [0.4, 0.5) is 0 Å². The number of amides is 1. The van der Waals surface area contributed by atoms with E-state index in [4.69, 9.17) is 9.47 Å². The molecule has 2 aromatic rings. The first kappa shape index (κ1) is 17.0. The molecule has 130 valence electrons. The SMILES string of the molecule is COc1ccc(/C=C/C(=O)N2CCCC(Oc3ccncn3)C2)cc1. The van der Waals surface area contributed by atoms with E-state index in [1.807, 2.05) is 35.2 Å². The fraction of sp³-hybridized carbons (Fsp3) is 0.316. The van der Waals surface area contributed by atoms with Crippen molar-refractivity contribution in [1.29, 1.82) is 0 Å². The van der Waals surface area contributed by atoms with E-state index in [0.717, 1.165) is 30.7 Å². The highest BCUT2D eigenvalue weighted by atomic mass is 16.5. The van der Waals surface area contributed by atoms with E-state index in [-0.39, 0.29) is 12.0 Å². The fourth-order valence-corrected chi connectivity index (χ4v) is 2.74. The Kier molecular flexibility index (Phi) is 5.61. The van der Waals surface area contributed by atoms with Gasteiger partial charge < -0.3 is 14.4 Å². The third-order valence-electron chi connectivity index (χ3n) is 4.07. The summed E-state index contributed by atoms with van der Waals surface area (Å²) in [4.78, 5) is 22.2. The summed E-state index contributed by atoms with van der Waals surface area (Å²) in [6.45, 7) is 1.31. The summed E-state index contributed by atoms with van der Waals surface area (Å²) in [5.74, 6) is 1.33. The molecule has 1 atom stereocenters. The van der Waals surface area contributed by atoms with Crippen LogP contribution >= 0.6 is 0 Å². The predicted molar refractivity (Wildman–Crippen MR) is 94.3 cm³/mol. The first-order valence-electron chi connectivity index (χ1n) is 8.28. The molecule has 0 spiro atoms. The van der Waals surface area contributed by atoms with Crippen LogP contribution in [0.5, 0.6) is 11.6 Å². The van der Waals surface area contributed by atoms with E-state index in [0.29, 0.717) is 12.4 Å². The Hall–Kier alpha value is -2.89. The Morgan fingerprint density at radius 2 is 2.12 bits per heavy atom. The first-order chi connectivity index (χ1) is 12.2. The predicted octanol–water partition coefficient (Wildman–Crippen LogP) is 2.57. The molecule has 6 nitrogen and oxygen atoms in total. The quantitative estimate of drug-likeness (QED) is 0.784. The zero-order chi connectivity index (χ0) is 17.5. The van der Waals surface area contributed by atoms with Crippen molar-refractivity contribution in [2.45, 2.75) is 18.9 Å². The van der Waals surface area contributed by atoms with Gasteiger partial charge in [0.1, 0.15) is 18.2 Å². The normalized spacial score (nSPS) is 17.5. The van der Waals surface area contributed by atoms with Gasteiger partial charge in [0.05, 0.1) is 13.7 Å². The third kappa shape index (κ3) is 4.79. The standard InChI is InChI=1S/C19H21N3O3/c1-24-16-7-4-15(5-8-16)6-9-19(23)22-12-2-3-17(13-22)25-18-10-11-20-14-21-18/h4-11,14,17H,2-3,12-13H2,1H3/b9-6+. The smallest absolute Gasteiger partial charge is 0.246 e. The van der Waals surface area contributed by atoms with Crippen molar-refractivity contribution in [3.05, 3.63) is 54.5 Å². The van der Waals surface area contributed by atoms with Crippen molar-refractivity contribution < 1.29 is 14.3 Å². The Labute approximate surface area is 147 Å². The number of aromatic nitrogens is 2. The van der Waals surface area contributed by atoms with Crippen molar-refractivity contribution in [3.8, 4) is 11.6 Å². The van der Waals surface area contributed by atoms with Crippen LogP contribution in [0.1, 0.15) is 18.4 Å². The lowest BCUT2D eigenvalue weighted by atomic mass is 10.1. The van der Waals surface area contributed by atoms with Gasteiger partial charge in [-0.2, -0.15) is 0 Å². The maximum Gasteiger partial charge on any atom is 0.246 e. The summed E-state index contributed by atoms with van der Waals surface area (Å²) in [6, 6.07) is 9.30. The van der Waals surface area contributed by atoms with Crippen LogP contribution in [0, 0.1) is 0 Å². The number of nitrogens with zero attached hydrogens (tertiary/aromatic N) is 3. The van der Waals surface area contributed by atoms with E-state index in [9.17, 15) is 4.79 Å². The molecule has 1 unspecified atom stereocenters. The topological polar surface area (TPSA) is 64.5 Å². The Morgan fingerprint density at radius 1 is 1.28 bits per heavy atom. The molecule has 1 aromatic heterocycles. The van der Waals surface area contributed by atoms with Crippen molar-refractivity contribution in [2.24, 2.45) is 0 Å². The molecule has 1 amide bonds. The molecule has 1 aromatic carbocycles. The molecule has 1 aliphatic heterocycles. The summed E-state index contributed by atoms with van der Waals surface area (Å²) < 4.78 is 11.0. The highest BCUT2D eigenvalue weighted by Crippen LogP contribution is 2.17. The molecular formula is C19H21N3O3. The van der Waals surface area contributed by atoms with Crippen molar-refractivity contribution in [2.75, 3.05) is 20.2 Å². The van der Waals surface area contributed by atoms with E-state index >= 15 is 0 Å². The molecular weight excluding hydrogens is 318 g/mol. The highest BCUT2D eigenvalue weighted by molar-refractivity contribution is 5.91. The van der Waals surface area contributed by atoms with Gasteiger partial charge in [-0.05, 0) is 36.6 Å².